The Balaban J connectivity index is 2.28. The van der Waals surface area contributed by atoms with E-state index in [1.165, 1.54) is 0 Å². The van der Waals surface area contributed by atoms with Gasteiger partial charge < -0.3 is 11.1 Å². The second-order valence-corrected chi connectivity index (χ2v) is 5.55. The molecule has 0 heterocycles. The highest BCUT2D eigenvalue weighted by atomic mass is 35.5. The van der Waals surface area contributed by atoms with Crippen LogP contribution in [-0.2, 0) is 6.42 Å². The predicted octanol–water partition coefficient (Wildman–Crippen LogP) is 4.06. The van der Waals surface area contributed by atoms with E-state index in [9.17, 15) is 4.79 Å². The second kappa shape index (κ2) is 6.94. The van der Waals surface area contributed by atoms with Gasteiger partial charge >= 0.3 is 0 Å². The van der Waals surface area contributed by atoms with Gasteiger partial charge in [-0.05, 0) is 49.2 Å². The van der Waals surface area contributed by atoms with Gasteiger partial charge in [-0.2, -0.15) is 0 Å². The van der Waals surface area contributed by atoms with E-state index in [-0.39, 0.29) is 5.91 Å². The van der Waals surface area contributed by atoms with Crippen LogP contribution >= 0.6 is 23.2 Å². The number of hydrogen-bond donors (Lipinski definition) is 2. The fourth-order valence-electron chi connectivity index (χ4n) is 2.05. The number of halogens is 2. The van der Waals surface area contributed by atoms with Gasteiger partial charge in [0, 0.05) is 10.6 Å². The lowest BCUT2D eigenvalue weighted by Crippen LogP contribution is -2.16. The van der Waals surface area contributed by atoms with Crippen LogP contribution in [0.1, 0.15) is 21.5 Å². The number of carbonyl (C=O) groups is 1. The van der Waals surface area contributed by atoms with E-state index in [2.05, 4.69) is 5.32 Å². The van der Waals surface area contributed by atoms with E-state index in [0.29, 0.717) is 34.3 Å². The zero-order valence-corrected chi connectivity index (χ0v) is 13.1. The van der Waals surface area contributed by atoms with Crippen molar-refractivity contribution in [3.63, 3.8) is 0 Å². The van der Waals surface area contributed by atoms with Gasteiger partial charge in [0.15, 0.2) is 0 Å². The van der Waals surface area contributed by atoms with Crippen molar-refractivity contribution in [3.05, 3.63) is 63.1 Å². The SMILES string of the molecule is Cc1cc(Cl)c(NC(=O)c2ccccc2CCN)cc1Cl. The van der Waals surface area contributed by atoms with E-state index in [1.54, 1.807) is 18.2 Å². The lowest BCUT2D eigenvalue weighted by atomic mass is 10.0. The van der Waals surface area contributed by atoms with Crippen LogP contribution < -0.4 is 11.1 Å². The van der Waals surface area contributed by atoms with E-state index in [1.807, 2.05) is 25.1 Å². The lowest BCUT2D eigenvalue weighted by Gasteiger charge is -2.12. The molecule has 2 aromatic carbocycles. The highest BCUT2D eigenvalue weighted by Crippen LogP contribution is 2.29. The highest BCUT2D eigenvalue weighted by Gasteiger charge is 2.13. The number of nitrogens with one attached hydrogen (secondary N) is 1. The van der Waals surface area contributed by atoms with Gasteiger partial charge in [0.2, 0.25) is 0 Å². The number of benzene rings is 2. The van der Waals surface area contributed by atoms with Crippen molar-refractivity contribution in [2.75, 3.05) is 11.9 Å². The number of amides is 1. The molecule has 0 atom stereocenters. The molecule has 0 saturated heterocycles. The quantitative estimate of drug-likeness (QED) is 0.892. The molecular weight excluding hydrogens is 307 g/mol. The number of nitrogens with two attached hydrogens (primary N) is 1. The summed E-state index contributed by atoms with van der Waals surface area (Å²) in [5.41, 5.74) is 8.44. The summed E-state index contributed by atoms with van der Waals surface area (Å²) in [6.07, 6.45) is 0.645. The summed E-state index contributed by atoms with van der Waals surface area (Å²) in [6.45, 7) is 2.35. The topological polar surface area (TPSA) is 55.1 Å². The van der Waals surface area contributed by atoms with E-state index < -0.39 is 0 Å². The Morgan fingerprint density at radius 3 is 2.62 bits per heavy atom. The predicted molar refractivity (Wildman–Crippen MR) is 88.4 cm³/mol. The van der Waals surface area contributed by atoms with Gasteiger partial charge in [0.25, 0.3) is 5.91 Å². The Hall–Kier alpha value is -1.55. The molecule has 0 aliphatic heterocycles. The zero-order chi connectivity index (χ0) is 15.4. The van der Waals surface area contributed by atoms with Crippen LogP contribution in [0.2, 0.25) is 10.0 Å². The van der Waals surface area contributed by atoms with Gasteiger partial charge in [-0.15, -0.1) is 0 Å². The first-order chi connectivity index (χ1) is 10.0. The molecule has 3 nitrogen and oxygen atoms in total. The fourth-order valence-corrected chi connectivity index (χ4v) is 2.48. The normalized spacial score (nSPS) is 10.5. The summed E-state index contributed by atoms with van der Waals surface area (Å²) in [5.74, 6) is -0.221. The van der Waals surface area contributed by atoms with E-state index >= 15 is 0 Å². The zero-order valence-electron chi connectivity index (χ0n) is 11.6. The van der Waals surface area contributed by atoms with Crippen LogP contribution in [0, 0.1) is 6.92 Å². The van der Waals surface area contributed by atoms with Crippen molar-refractivity contribution in [1.82, 2.24) is 0 Å². The van der Waals surface area contributed by atoms with Crippen molar-refractivity contribution in [2.45, 2.75) is 13.3 Å². The second-order valence-electron chi connectivity index (χ2n) is 4.73. The minimum Gasteiger partial charge on any atom is -0.330 e. The maximum absolute atomic E-state index is 12.4. The molecule has 0 bridgehead atoms. The first kappa shape index (κ1) is 15.8. The summed E-state index contributed by atoms with van der Waals surface area (Å²) >= 11 is 12.2. The van der Waals surface area contributed by atoms with Crippen LogP contribution in [-0.4, -0.2) is 12.5 Å². The Labute approximate surface area is 134 Å². The summed E-state index contributed by atoms with van der Waals surface area (Å²) in [5, 5.41) is 3.82. The molecule has 2 rings (SSSR count). The Bertz CT molecular complexity index is 671. The van der Waals surface area contributed by atoms with Crippen molar-refractivity contribution in [1.29, 1.82) is 0 Å². The van der Waals surface area contributed by atoms with Crippen molar-refractivity contribution in [2.24, 2.45) is 5.73 Å². The summed E-state index contributed by atoms with van der Waals surface area (Å²) in [7, 11) is 0. The third-order valence-corrected chi connectivity index (χ3v) is 3.89. The molecule has 1 amide bonds. The number of aryl methyl sites for hydroxylation is 1. The first-order valence-corrected chi connectivity index (χ1v) is 7.33. The maximum Gasteiger partial charge on any atom is 0.255 e. The van der Waals surface area contributed by atoms with Gasteiger partial charge in [-0.1, -0.05) is 41.4 Å². The molecule has 5 heteroatoms. The standard InChI is InChI=1S/C16H16Cl2N2O/c1-10-8-14(18)15(9-13(10)17)20-16(21)12-5-3-2-4-11(12)6-7-19/h2-5,8-9H,6-7,19H2,1H3,(H,20,21). The number of hydrogen-bond acceptors (Lipinski definition) is 2. The van der Waals surface area contributed by atoms with Crippen molar-refractivity contribution in [3.8, 4) is 0 Å². The third-order valence-electron chi connectivity index (χ3n) is 3.17. The number of anilines is 1. The van der Waals surface area contributed by atoms with Crippen LogP contribution in [0.5, 0.6) is 0 Å². The summed E-state index contributed by atoms with van der Waals surface area (Å²) in [6, 6.07) is 10.7. The average Bonchev–Trinajstić information content (AvgIpc) is 2.45. The molecule has 0 saturated carbocycles. The molecular formula is C16H16Cl2N2O. The van der Waals surface area contributed by atoms with E-state index in [4.69, 9.17) is 28.9 Å². The molecule has 2 aromatic rings. The minimum absolute atomic E-state index is 0.221. The number of carbonyl (C=O) groups excluding carboxylic acids is 1. The van der Waals surface area contributed by atoms with Gasteiger partial charge in [0.1, 0.15) is 0 Å². The van der Waals surface area contributed by atoms with Crippen LogP contribution in [0.4, 0.5) is 5.69 Å². The van der Waals surface area contributed by atoms with Crippen molar-refractivity contribution >= 4 is 34.8 Å². The molecule has 0 unspecified atom stereocenters. The monoisotopic (exact) mass is 322 g/mol. The molecule has 21 heavy (non-hydrogen) atoms. The summed E-state index contributed by atoms with van der Waals surface area (Å²) < 4.78 is 0. The maximum atomic E-state index is 12.4. The third kappa shape index (κ3) is 3.76. The molecule has 0 aliphatic rings. The molecule has 3 N–H and O–H groups in total. The van der Waals surface area contributed by atoms with Gasteiger partial charge in [-0.3, -0.25) is 4.79 Å². The highest BCUT2D eigenvalue weighted by molar-refractivity contribution is 6.36. The van der Waals surface area contributed by atoms with E-state index in [0.717, 1.165) is 11.1 Å². The molecule has 0 aliphatic carbocycles. The van der Waals surface area contributed by atoms with Crippen LogP contribution in [0.25, 0.3) is 0 Å². The smallest absolute Gasteiger partial charge is 0.255 e. The molecule has 0 aromatic heterocycles. The largest absolute Gasteiger partial charge is 0.330 e. The number of rotatable bonds is 4. The molecule has 0 fully saturated rings. The first-order valence-electron chi connectivity index (χ1n) is 6.58. The Morgan fingerprint density at radius 2 is 1.90 bits per heavy atom. The van der Waals surface area contributed by atoms with Crippen LogP contribution in [0.15, 0.2) is 36.4 Å². The van der Waals surface area contributed by atoms with Crippen LogP contribution in [0.3, 0.4) is 0 Å². The molecule has 0 spiro atoms. The lowest BCUT2D eigenvalue weighted by molar-refractivity contribution is 0.102. The fraction of sp³-hybridized carbons (Fsp3) is 0.188. The molecule has 0 radical (unpaired) electrons. The van der Waals surface area contributed by atoms with Gasteiger partial charge in [-0.25, -0.2) is 0 Å². The summed E-state index contributed by atoms with van der Waals surface area (Å²) in [4.78, 5) is 12.4. The van der Waals surface area contributed by atoms with Crippen molar-refractivity contribution < 1.29 is 4.79 Å². The average molecular weight is 323 g/mol. The Kier molecular flexibility index (Phi) is 5.23. The van der Waals surface area contributed by atoms with Gasteiger partial charge in [0.05, 0.1) is 10.7 Å². The minimum atomic E-state index is -0.221. The molecule has 110 valence electrons. The Morgan fingerprint density at radius 1 is 1.19 bits per heavy atom.